The number of nitrogens with zero attached hydrogens (tertiary/aromatic N) is 3. The second kappa shape index (κ2) is 12.0. The van der Waals surface area contributed by atoms with Gasteiger partial charge in [-0.2, -0.15) is 0 Å². The number of nitrogens with one attached hydrogen (secondary N) is 2. The zero-order valence-corrected chi connectivity index (χ0v) is 24.4. The molecule has 0 aromatic heterocycles. The van der Waals surface area contributed by atoms with Crippen LogP contribution < -0.4 is 15.5 Å². The first kappa shape index (κ1) is 29.6. The summed E-state index contributed by atoms with van der Waals surface area (Å²) in [6.07, 6.45) is 2.85. The number of fused-ring (bicyclic) bond motifs is 1. The summed E-state index contributed by atoms with van der Waals surface area (Å²) in [5.74, 6) is -1.18. The number of carbonyl (C=O) groups excluding carboxylic acids is 5. The molecule has 1 aliphatic carbocycles. The Kier molecular flexibility index (Phi) is 8.85. The summed E-state index contributed by atoms with van der Waals surface area (Å²) in [6, 6.07) is 5.41. The van der Waals surface area contributed by atoms with Crippen molar-refractivity contribution < 1.29 is 24.0 Å². The molecule has 2 heterocycles. The third kappa shape index (κ3) is 5.71. The molecule has 0 bridgehead atoms. The van der Waals surface area contributed by atoms with Crippen molar-refractivity contribution in [3.63, 3.8) is 0 Å². The molecule has 1 aromatic rings. The van der Waals surface area contributed by atoms with E-state index in [1.165, 1.54) is 6.92 Å². The van der Waals surface area contributed by atoms with Crippen LogP contribution in [0.3, 0.4) is 0 Å². The van der Waals surface area contributed by atoms with Gasteiger partial charge in [-0.25, -0.2) is 0 Å². The average Bonchev–Trinajstić information content (AvgIpc) is 3.47. The average molecular weight is 554 g/mol. The lowest BCUT2D eigenvalue weighted by atomic mass is 9.75. The van der Waals surface area contributed by atoms with E-state index in [0.29, 0.717) is 37.8 Å². The number of likely N-dealkylation sites (tertiary alicyclic amines) is 2. The van der Waals surface area contributed by atoms with E-state index in [-0.39, 0.29) is 41.9 Å². The molecule has 2 N–H and O–H groups in total. The van der Waals surface area contributed by atoms with Crippen LogP contribution in [0.5, 0.6) is 0 Å². The summed E-state index contributed by atoms with van der Waals surface area (Å²) in [5.41, 5.74) is 0.544. The van der Waals surface area contributed by atoms with Gasteiger partial charge in [0.25, 0.3) is 5.91 Å². The van der Waals surface area contributed by atoms with Gasteiger partial charge in [0.1, 0.15) is 17.6 Å². The van der Waals surface area contributed by atoms with Crippen molar-refractivity contribution in [2.24, 2.45) is 5.92 Å². The van der Waals surface area contributed by atoms with E-state index in [9.17, 15) is 24.0 Å². The number of benzene rings is 1. The monoisotopic (exact) mass is 553 g/mol. The highest BCUT2D eigenvalue weighted by atomic mass is 16.2. The van der Waals surface area contributed by atoms with Crippen molar-refractivity contribution in [1.29, 1.82) is 0 Å². The standard InChI is InChI=1S/C30H43N5O5/c1-6-33(7-2)22-11-9-21(10-12-22)27(38)31-23(17-19(3)4)28(39)34-16-13-24-26(34)25(37)18-35(24)29(40)30(14-8-15-30)32-20(5)36/h9-12,19,23-24,26H,6-8,13-18H2,1-5H3,(H,31,38)(H,32,36). The van der Waals surface area contributed by atoms with Gasteiger partial charge in [-0.15, -0.1) is 0 Å². The van der Waals surface area contributed by atoms with E-state index < -0.39 is 23.7 Å². The Hall–Kier alpha value is -3.43. The first-order valence-corrected chi connectivity index (χ1v) is 14.6. The van der Waals surface area contributed by atoms with E-state index in [1.54, 1.807) is 21.9 Å². The smallest absolute Gasteiger partial charge is 0.251 e. The molecule has 10 heteroatoms. The molecule has 3 atom stereocenters. The van der Waals surface area contributed by atoms with Gasteiger partial charge < -0.3 is 25.3 Å². The summed E-state index contributed by atoms with van der Waals surface area (Å²) in [6.45, 7) is 11.5. The van der Waals surface area contributed by atoms with Gasteiger partial charge in [-0.05, 0) is 76.1 Å². The van der Waals surface area contributed by atoms with Crippen molar-refractivity contribution in [2.75, 3.05) is 31.1 Å². The number of amides is 4. The number of ketones is 1. The maximum Gasteiger partial charge on any atom is 0.251 e. The molecular formula is C30H43N5O5. The highest BCUT2D eigenvalue weighted by Gasteiger charge is 2.56. The van der Waals surface area contributed by atoms with Crippen molar-refractivity contribution in [1.82, 2.24) is 20.4 Å². The minimum Gasteiger partial charge on any atom is -0.372 e. The Morgan fingerprint density at radius 1 is 1.05 bits per heavy atom. The molecule has 10 nitrogen and oxygen atoms in total. The number of rotatable bonds is 10. The van der Waals surface area contributed by atoms with Gasteiger partial charge in [0.2, 0.25) is 17.7 Å². The highest BCUT2D eigenvalue weighted by Crippen LogP contribution is 2.38. The van der Waals surface area contributed by atoms with Crippen LogP contribution in [0, 0.1) is 5.92 Å². The zero-order valence-electron chi connectivity index (χ0n) is 24.4. The SMILES string of the molecule is CCN(CC)c1ccc(C(=O)NC(CC(C)C)C(=O)N2CCC3C2C(=O)CN3C(=O)C2(NC(C)=O)CCC2)cc1. The molecule has 2 aliphatic heterocycles. The third-order valence-electron chi connectivity index (χ3n) is 8.57. The quantitative estimate of drug-likeness (QED) is 0.458. The van der Waals surface area contributed by atoms with Crippen LogP contribution >= 0.6 is 0 Å². The molecule has 1 saturated carbocycles. The fraction of sp³-hybridized carbons (Fsp3) is 0.633. The van der Waals surface area contributed by atoms with Gasteiger partial charge in [0, 0.05) is 37.8 Å². The number of hydrogen-bond donors (Lipinski definition) is 2. The molecule has 3 unspecified atom stereocenters. The first-order valence-electron chi connectivity index (χ1n) is 14.6. The predicted molar refractivity (Wildman–Crippen MR) is 152 cm³/mol. The summed E-state index contributed by atoms with van der Waals surface area (Å²) >= 11 is 0. The molecule has 4 rings (SSSR count). The van der Waals surface area contributed by atoms with Crippen LogP contribution in [-0.4, -0.2) is 89.1 Å². The van der Waals surface area contributed by atoms with E-state index >= 15 is 0 Å². The lowest BCUT2D eigenvalue weighted by Gasteiger charge is -2.43. The minimum atomic E-state index is -0.951. The lowest BCUT2D eigenvalue weighted by molar-refractivity contribution is -0.146. The third-order valence-corrected chi connectivity index (χ3v) is 8.57. The fourth-order valence-electron chi connectivity index (χ4n) is 6.42. The van der Waals surface area contributed by atoms with Gasteiger partial charge in [0.15, 0.2) is 5.78 Å². The van der Waals surface area contributed by atoms with Crippen LogP contribution in [0.4, 0.5) is 5.69 Å². The predicted octanol–water partition coefficient (Wildman–Crippen LogP) is 2.12. The molecule has 218 valence electrons. The van der Waals surface area contributed by atoms with E-state index in [2.05, 4.69) is 29.4 Å². The summed E-state index contributed by atoms with van der Waals surface area (Å²) in [5, 5.41) is 5.75. The Morgan fingerprint density at radius 3 is 2.23 bits per heavy atom. The second-order valence-corrected chi connectivity index (χ2v) is 11.7. The van der Waals surface area contributed by atoms with Crippen molar-refractivity contribution in [3.8, 4) is 0 Å². The molecule has 3 fully saturated rings. The maximum absolute atomic E-state index is 13.8. The Morgan fingerprint density at radius 2 is 1.70 bits per heavy atom. The highest BCUT2D eigenvalue weighted by molar-refractivity contribution is 6.02. The first-order chi connectivity index (χ1) is 19.0. The van der Waals surface area contributed by atoms with Crippen LogP contribution in [0.2, 0.25) is 0 Å². The minimum absolute atomic E-state index is 0.0701. The van der Waals surface area contributed by atoms with Crippen LogP contribution in [0.15, 0.2) is 24.3 Å². The van der Waals surface area contributed by atoms with E-state index in [1.807, 2.05) is 26.0 Å². The van der Waals surface area contributed by atoms with Gasteiger partial charge in [0.05, 0.1) is 12.6 Å². The van der Waals surface area contributed by atoms with Crippen molar-refractivity contribution in [2.45, 2.75) is 90.4 Å². The number of carbonyl (C=O) groups is 5. The van der Waals surface area contributed by atoms with E-state index in [4.69, 9.17) is 0 Å². The molecular weight excluding hydrogens is 510 g/mol. The molecule has 1 aromatic carbocycles. The summed E-state index contributed by atoms with van der Waals surface area (Å²) in [4.78, 5) is 70.9. The largest absolute Gasteiger partial charge is 0.372 e. The fourth-order valence-corrected chi connectivity index (χ4v) is 6.42. The molecule has 40 heavy (non-hydrogen) atoms. The van der Waals surface area contributed by atoms with Crippen LogP contribution in [0.1, 0.15) is 77.1 Å². The Labute approximate surface area is 236 Å². The zero-order chi connectivity index (χ0) is 29.2. The number of hydrogen-bond acceptors (Lipinski definition) is 6. The number of Topliss-reactive ketones (excluding diaryl/α,β-unsaturated/α-hetero) is 1. The second-order valence-electron chi connectivity index (χ2n) is 11.7. The molecule has 4 amide bonds. The normalized spacial score (nSPS) is 22.0. The van der Waals surface area contributed by atoms with Crippen LogP contribution in [-0.2, 0) is 19.2 Å². The van der Waals surface area contributed by atoms with Gasteiger partial charge in [-0.1, -0.05) is 13.8 Å². The van der Waals surface area contributed by atoms with Crippen molar-refractivity contribution >= 4 is 35.1 Å². The maximum atomic E-state index is 13.8. The Bertz CT molecular complexity index is 1140. The molecule has 0 radical (unpaired) electrons. The molecule has 2 saturated heterocycles. The molecule has 0 spiro atoms. The van der Waals surface area contributed by atoms with Crippen LogP contribution in [0.25, 0.3) is 0 Å². The van der Waals surface area contributed by atoms with E-state index in [0.717, 1.165) is 25.2 Å². The topological polar surface area (TPSA) is 119 Å². The summed E-state index contributed by atoms with van der Waals surface area (Å²) < 4.78 is 0. The summed E-state index contributed by atoms with van der Waals surface area (Å²) in [7, 11) is 0. The Balaban J connectivity index is 1.48. The van der Waals surface area contributed by atoms with Gasteiger partial charge in [-0.3, -0.25) is 24.0 Å². The molecule has 3 aliphatic rings. The number of anilines is 1. The van der Waals surface area contributed by atoms with Gasteiger partial charge >= 0.3 is 0 Å². The lowest BCUT2D eigenvalue weighted by Crippen LogP contribution is -2.64. The van der Waals surface area contributed by atoms with Crippen molar-refractivity contribution in [3.05, 3.63) is 29.8 Å².